The summed E-state index contributed by atoms with van der Waals surface area (Å²) >= 11 is 0. The minimum Gasteiger partial charge on any atom is -0.493 e. The van der Waals surface area contributed by atoms with Crippen LogP contribution in [0.4, 0.5) is 5.69 Å². The van der Waals surface area contributed by atoms with Crippen molar-refractivity contribution in [2.45, 2.75) is 39.2 Å². The van der Waals surface area contributed by atoms with Crippen LogP contribution in [0.3, 0.4) is 0 Å². The summed E-state index contributed by atoms with van der Waals surface area (Å²) in [6.45, 7) is 4.43. The molecule has 10 heteroatoms. The maximum Gasteiger partial charge on any atom is 0.269 e. The molecule has 0 aliphatic carbocycles. The predicted molar refractivity (Wildman–Crippen MR) is 125 cm³/mol. The molecule has 0 spiro atoms. The van der Waals surface area contributed by atoms with Crippen molar-refractivity contribution >= 4 is 27.5 Å². The highest BCUT2D eigenvalue weighted by Crippen LogP contribution is 2.34. The lowest BCUT2D eigenvalue weighted by Crippen LogP contribution is -2.41. The van der Waals surface area contributed by atoms with E-state index in [4.69, 9.17) is 9.47 Å². The number of hydrogen-bond donors (Lipinski definition) is 2. The molecule has 0 aromatic heterocycles. The fraction of sp³-hybridized carbons (Fsp3) is 0.391. The van der Waals surface area contributed by atoms with Crippen LogP contribution in [0, 0.1) is 0 Å². The third-order valence-corrected chi connectivity index (χ3v) is 6.59. The third kappa shape index (κ3) is 5.57. The second kappa shape index (κ2) is 10.1. The topological polar surface area (TPSA) is 114 Å². The molecule has 2 amide bonds. The van der Waals surface area contributed by atoms with E-state index in [9.17, 15) is 18.0 Å². The summed E-state index contributed by atoms with van der Waals surface area (Å²) in [5.74, 6) is -0.0572. The lowest BCUT2D eigenvalue weighted by atomic mass is 10.1. The Labute approximate surface area is 194 Å². The normalized spacial score (nSPS) is 15.0. The Kier molecular flexibility index (Phi) is 7.47. The number of ether oxygens (including phenoxy) is 2. The van der Waals surface area contributed by atoms with E-state index >= 15 is 0 Å². The van der Waals surface area contributed by atoms with E-state index in [1.54, 1.807) is 30.3 Å². The summed E-state index contributed by atoms with van der Waals surface area (Å²) in [6, 6.07) is 9.34. The Bertz CT molecular complexity index is 1150. The third-order valence-electron chi connectivity index (χ3n) is 5.32. The van der Waals surface area contributed by atoms with Crippen LogP contribution in [0.1, 0.15) is 53.0 Å². The van der Waals surface area contributed by atoms with Gasteiger partial charge < -0.3 is 9.47 Å². The fourth-order valence-electron chi connectivity index (χ4n) is 3.76. The Hall–Kier alpha value is -3.27. The molecule has 9 nitrogen and oxygen atoms in total. The van der Waals surface area contributed by atoms with Gasteiger partial charge >= 0.3 is 0 Å². The van der Waals surface area contributed by atoms with Crippen LogP contribution in [0.15, 0.2) is 36.4 Å². The number of hydrogen-bond acceptors (Lipinski definition) is 6. The number of amides is 2. The molecular formula is C23H29N3O6S. The highest BCUT2D eigenvalue weighted by Gasteiger charge is 2.32. The minimum absolute atomic E-state index is 0.225. The second-order valence-electron chi connectivity index (χ2n) is 7.93. The van der Waals surface area contributed by atoms with Crippen molar-refractivity contribution in [3.8, 4) is 11.5 Å². The molecule has 0 saturated carbocycles. The number of rotatable bonds is 8. The van der Waals surface area contributed by atoms with E-state index < -0.39 is 21.8 Å². The zero-order chi connectivity index (χ0) is 24.2. The molecule has 2 N–H and O–H groups in total. The number of fused-ring (bicyclic) bond motifs is 1. The van der Waals surface area contributed by atoms with E-state index in [0.29, 0.717) is 41.3 Å². The number of methoxy groups -OCH3 is 1. The number of hydrazine groups is 1. The molecule has 1 heterocycles. The van der Waals surface area contributed by atoms with E-state index in [1.165, 1.54) is 17.5 Å². The first kappa shape index (κ1) is 24.4. The van der Waals surface area contributed by atoms with Crippen molar-refractivity contribution in [2.75, 3.05) is 24.3 Å². The monoisotopic (exact) mass is 475 g/mol. The van der Waals surface area contributed by atoms with Gasteiger partial charge in [0, 0.05) is 17.2 Å². The molecule has 0 fully saturated rings. The van der Waals surface area contributed by atoms with Crippen LogP contribution in [0.2, 0.25) is 0 Å². The van der Waals surface area contributed by atoms with Gasteiger partial charge in [-0.2, -0.15) is 0 Å². The molecule has 33 heavy (non-hydrogen) atoms. The van der Waals surface area contributed by atoms with E-state index in [0.717, 1.165) is 24.7 Å². The second-order valence-corrected chi connectivity index (χ2v) is 9.79. The van der Waals surface area contributed by atoms with Crippen LogP contribution in [0.25, 0.3) is 0 Å². The zero-order valence-electron chi connectivity index (χ0n) is 19.2. The smallest absolute Gasteiger partial charge is 0.269 e. The number of unbranched alkanes of at least 4 members (excludes halogenated alkanes) is 1. The summed E-state index contributed by atoms with van der Waals surface area (Å²) in [7, 11) is -1.92. The van der Waals surface area contributed by atoms with Gasteiger partial charge in [-0.05, 0) is 61.7 Å². The van der Waals surface area contributed by atoms with Crippen LogP contribution >= 0.6 is 0 Å². The average Bonchev–Trinajstić information content (AvgIpc) is 3.12. The summed E-state index contributed by atoms with van der Waals surface area (Å²) in [5, 5.41) is 0. The van der Waals surface area contributed by atoms with E-state index in [-0.39, 0.29) is 6.04 Å². The largest absolute Gasteiger partial charge is 0.493 e. The molecule has 2 aromatic carbocycles. The molecule has 1 unspecified atom stereocenters. The Morgan fingerprint density at radius 2 is 1.70 bits per heavy atom. The van der Waals surface area contributed by atoms with Gasteiger partial charge in [-0.15, -0.1) is 0 Å². The van der Waals surface area contributed by atoms with Crippen LogP contribution < -0.4 is 24.6 Å². The van der Waals surface area contributed by atoms with E-state index in [1.807, 2.05) is 6.92 Å². The molecule has 0 saturated heterocycles. The maximum atomic E-state index is 12.6. The number of benzene rings is 2. The van der Waals surface area contributed by atoms with Crippen LogP contribution in [0.5, 0.6) is 11.5 Å². The number of carbonyl (C=O) groups is 2. The van der Waals surface area contributed by atoms with Gasteiger partial charge in [0.2, 0.25) is 10.0 Å². The van der Waals surface area contributed by atoms with Gasteiger partial charge in [-0.1, -0.05) is 13.3 Å². The average molecular weight is 476 g/mol. The summed E-state index contributed by atoms with van der Waals surface area (Å²) in [6.07, 6.45) is 3.57. The standard InChI is InChI=1S/C23H29N3O6S/c1-5-6-11-32-20-10-8-17(14-21(20)31-3)23(28)25-24-22(27)16-7-9-19-18(13-16)12-15(2)26(19)33(4,29)30/h7-10,13-15H,5-6,11-12H2,1-4H3,(H,24,27)(H,25,28). The summed E-state index contributed by atoms with van der Waals surface area (Å²) < 4.78 is 36.4. The molecule has 0 bridgehead atoms. The van der Waals surface area contributed by atoms with Gasteiger partial charge in [0.25, 0.3) is 11.8 Å². The van der Waals surface area contributed by atoms with Gasteiger partial charge in [-0.25, -0.2) is 8.42 Å². The molecule has 1 aliphatic rings. The van der Waals surface area contributed by atoms with Gasteiger partial charge in [0.1, 0.15) is 0 Å². The first-order chi connectivity index (χ1) is 15.7. The van der Waals surface area contributed by atoms with E-state index in [2.05, 4.69) is 17.8 Å². The fourth-order valence-corrected chi connectivity index (χ4v) is 5.03. The molecule has 178 valence electrons. The molecule has 0 radical (unpaired) electrons. The zero-order valence-corrected chi connectivity index (χ0v) is 20.0. The van der Waals surface area contributed by atoms with Crippen molar-refractivity contribution in [1.82, 2.24) is 10.9 Å². The number of nitrogens with zero attached hydrogens (tertiary/aromatic N) is 1. The van der Waals surface area contributed by atoms with Gasteiger partial charge in [0.05, 0.1) is 25.7 Å². The first-order valence-electron chi connectivity index (χ1n) is 10.7. The molecule has 2 aromatic rings. The minimum atomic E-state index is -3.41. The number of carbonyl (C=O) groups excluding carboxylic acids is 2. The number of sulfonamides is 1. The van der Waals surface area contributed by atoms with Crippen molar-refractivity contribution in [3.05, 3.63) is 53.1 Å². The Balaban J connectivity index is 1.65. The molecule has 1 aliphatic heterocycles. The highest BCUT2D eigenvalue weighted by molar-refractivity contribution is 7.92. The van der Waals surface area contributed by atoms with Crippen LogP contribution in [-0.2, 0) is 16.4 Å². The predicted octanol–water partition coefficient (Wildman–Crippen LogP) is 2.66. The number of nitrogens with one attached hydrogen (secondary N) is 2. The summed E-state index contributed by atoms with van der Waals surface area (Å²) in [4.78, 5) is 25.1. The van der Waals surface area contributed by atoms with Crippen molar-refractivity contribution in [3.63, 3.8) is 0 Å². The Morgan fingerprint density at radius 3 is 2.30 bits per heavy atom. The molecule has 1 atom stereocenters. The number of anilines is 1. The Morgan fingerprint density at radius 1 is 1.06 bits per heavy atom. The van der Waals surface area contributed by atoms with Gasteiger partial charge in [-0.3, -0.25) is 24.7 Å². The first-order valence-corrected chi connectivity index (χ1v) is 12.5. The van der Waals surface area contributed by atoms with Crippen LogP contribution in [-0.4, -0.2) is 46.2 Å². The summed E-state index contributed by atoms with van der Waals surface area (Å²) in [5.41, 5.74) is 6.72. The lowest BCUT2D eigenvalue weighted by Gasteiger charge is -2.21. The lowest BCUT2D eigenvalue weighted by molar-refractivity contribution is 0.0846. The van der Waals surface area contributed by atoms with Crippen molar-refractivity contribution in [1.29, 1.82) is 0 Å². The van der Waals surface area contributed by atoms with Crippen molar-refractivity contribution in [2.24, 2.45) is 0 Å². The highest BCUT2D eigenvalue weighted by atomic mass is 32.2. The quantitative estimate of drug-likeness (QED) is 0.448. The maximum absolute atomic E-state index is 12.6. The molecular weight excluding hydrogens is 446 g/mol. The van der Waals surface area contributed by atoms with Gasteiger partial charge in [0.15, 0.2) is 11.5 Å². The van der Waals surface area contributed by atoms with Crippen molar-refractivity contribution < 1.29 is 27.5 Å². The SMILES string of the molecule is CCCCOc1ccc(C(=O)NNC(=O)c2ccc3c(c2)CC(C)N3S(C)(=O)=O)cc1OC. The molecule has 3 rings (SSSR count).